The number of hydrogen-bond acceptors (Lipinski definition) is 4. The summed E-state index contributed by atoms with van der Waals surface area (Å²) in [6, 6.07) is 9.62. The van der Waals surface area contributed by atoms with Gasteiger partial charge in [-0.25, -0.2) is 4.98 Å². The summed E-state index contributed by atoms with van der Waals surface area (Å²) < 4.78 is 39.9. The van der Waals surface area contributed by atoms with Gasteiger partial charge in [0.2, 0.25) is 0 Å². The Balaban J connectivity index is 1.51. The number of halogens is 3. The van der Waals surface area contributed by atoms with Crippen molar-refractivity contribution in [3.63, 3.8) is 0 Å². The van der Waals surface area contributed by atoms with Crippen LogP contribution in [-0.4, -0.2) is 31.2 Å². The van der Waals surface area contributed by atoms with Crippen LogP contribution in [0.25, 0.3) is 10.1 Å². The molecule has 0 aliphatic carbocycles. The Morgan fingerprint density at radius 1 is 0.960 bits per heavy atom. The summed E-state index contributed by atoms with van der Waals surface area (Å²) in [6.45, 7) is 2.81. The van der Waals surface area contributed by atoms with E-state index in [1.165, 1.54) is 16.8 Å². The molecule has 7 heteroatoms. The first kappa shape index (κ1) is 16.2. The Bertz CT molecular complexity index is 882. The molecule has 1 aliphatic heterocycles. The fourth-order valence-corrected chi connectivity index (χ4v) is 3.96. The monoisotopic (exact) mass is 363 g/mol. The van der Waals surface area contributed by atoms with Crippen molar-refractivity contribution in [1.29, 1.82) is 0 Å². The number of pyridine rings is 1. The van der Waals surface area contributed by atoms with Gasteiger partial charge in [-0.05, 0) is 35.7 Å². The smallest absolute Gasteiger partial charge is 0.368 e. The lowest BCUT2D eigenvalue weighted by Gasteiger charge is -2.37. The second-order valence-electron chi connectivity index (χ2n) is 5.99. The summed E-state index contributed by atoms with van der Waals surface area (Å²) in [5.74, 6) is 0.961. The molecule has 130 valence electrons. The van der Waals surface area contributed by atoms with Gasteiger partial charge in [0.05, 0.1) is 5.56 Å². The maximum absolute atomic E-state index is 12.9. The van der Waals surface area contributed by atoms with Crippen molar-refractivity contribution in [3.05, 3.63) is 53.5 Å². The highest BCUT2D eigenvalue weighted by molar-refractivity contribution is 7.17. The van der Waals surface area contributed by atoms with Gasteiger partial charge in [0.15, 0.2) is 0 Å². The molecule has 0 spiro atoms. The highest BCUT2D eigenvalue weighted by Crippen LogP contribution is 2.33. The second-order valence-corrected chi connectivity index (χ2v) is 6.94. The number of benzene rings is 1. The molecule has 0 amide bonds. The Hall–Kier alpha value is -2.28. The minimum absolute atomic E-state index is 0.600. The summed E-state index contributed by atoms with van der Waals surface area (Å²) >= 11 is 1.68. The summed E-state index contributed by atoms with van der Waals surface area (Å²) in [7, 11) is 0. The van der Waals surface area contributed by atoms with Crippen LogP contribution in [0.4, 0.5) is 24.7 Å². The van der Waals surface area contributed by atoms with Gasteiger partial charge in [0.1, 0.15) is 5.82 Å². The zero-order valence-electron chi connectivity index (χ0n) is 13.3. The van der Waals surface area contributed by atoms with Crippen molar-refractivity contribution in [2.45, 2.75) is 6.18 Å². The fraction of sp³-hybridized carbons (Fsp3) is 0.278. The Kier molecular flexibility index (Phi) is 4.03. The van der Waals surface area contributed by atoms with E-state index in [-0.39, 0.29) is 0 Å². The first-order chi connectivity index (χ1) is 12.0. The minimum atomic E-state index is -4.31. The van der Waals surface area contributed by atoms with Gasteiger partial charge in [-0.15, -0.1) is 11.3 Å². The molecule has 25 heavy (non-hydrogen) atoms. The molecule has 3 nitrogen and oxygen atoms in total. The van der Waals surface area contributed by atoms with E-state index < -0.39 is 11.7 Å². The molecular weight excluding hydrogens is 347 g/mol. The van der Waals surface area contributed by atoms with E-state index in [1.54, 1.807) is 17.4 Å². The van der Waals surface area contributed by atoms with E-state index in [9.17, 15) is 13.2 Å². The number of rotatable bonds is 2. The van der Waals surface area contributed by atoms with Gasteiger partial charge in [0.25, 0.3) is 0 Å². The van der Waals surface area contributed by atoms with Gasteiger partial charge in [-0.3, -0.25) is 0 Å². The van der Waals surface area contributed by atoms with Crippen LogP contribution in [0.2, 0.25) is 0 Å². The predicted octanol–water partition coefficient (Wildman–Crippen LogP) is 4.64. The van der Waals surface area contributed by atoms with Crippen LogP contribution in [0.3, 0.4) is 0 Å². The largest absolute Gasteiger partial charge is 0.416 e. The van der Waals surface area contributed by atoms with Crippen molar-refractivity contribution in [1.82, 2.24) is 4.98 Å². The molecular formula is C18H16F3N3S. The minimum Gasteiger partial charge on any atom is -0.368 e. The third-order valence-corrected chi connectivity index (χ3v) is 5.36. The van der Waals surface area contributed by atoms with Gasteiger partial charge in [-0.1, -0.05) is 6.07 Å². The Morgan fingerprint density at radius 3 is 2.48 bits per heavy atom. The summed E-state index contributed by atoms with van der Waals surface area (Å²) in [4.78, 5) is 8.72. The molecule has 3 heterocycles. The van der Waals surface area contributed by atoms with Crippen LogP contribution in [0.1, 0.15) is 5.56 Å². The molecule has 4 rings (SSSR count). The second kappa shape index (κ2) is 6.22. The van der Waals surface area contributed by atoms with E-state index in [0.29, 0.717) is 18.8 Å². The van der Waals surface area contributed by atoms with Crippen LogP contribution >= 0.6 is 11.3 Å². The predicted molar refractivity (Wildman–Crippen MR) is 95.5 cm³/mol. The normalized spacial score (nSPS) is 15.8. The molecule has 0 unspecified atom stereocenters. The maximum atomic E-state index is 12.9. The molecule has 1 fully saturated rings. The highest BCUT2D eigenvalue weighted by Gasteiger charge is 2.31. The van der Waals surface area contributed by atoms with Crippen molar-refractivity contribution in [3.8, 4) is 0 Å². The van der Waals surface area contributed by atoms with Crippen LogP contribution in [-0.2, 0) is 6.18 Å². The van der Waals surface area contributed by atoms with Crippen molar-refractivity contribution < 1.29 is 13.2 Å². The van der Waals surface area contributed by atoms with E-state index in [0.717, 1.165) is 30.4 Å². The van der Waals surface area contributed by atoms with Crippen molar-refractivity contribution in [2.75, 3.05) is 36.0 Å². The maximum Gasteiger partial charge on any atom is 0.416 e. The molecule has 0 N–H and O–H groups in total. The first-order valence-electron chi connectivity index (χ1n) is 8.02. The Morgan fingerprint density at radius 2 is 1.72 bits per heavy atom. The van der Waals surface area contributed by atoms with Crippen molar-refractivity contribution in [2.24, 2.45) is 0 Å². The van der Waals surface area contributed by atoms with Gasteiger partial charge in [0, 0.05) is 48.1 Å². The van der Waals surface area contributed by atoms with Gasteiger partial charge in [-0.2, -0.15) is 13.2 Å². The summed E-state index contributed by atoms with van der Waals surface area (Å²) in [6.07, 6.45) is -2.50. The number of thiophene rings is 1. The van der Waals surface area contributed by atoms with Crippen LogP contribution in [0, 0.1) is 0 Å². The summed E-state index contributed by atoms with van der Waals surface area (Å²) in [5, 5.41) is 3.19. The topological polar surface area (TPSA) is 19.4 Å². The number of hydrogen-bond donors (Lipinski definition) is 0. The Labute approximate surface area is 147 Å². The lowest BCUT2D eigenvalue weighted by molar-refractivity contribution is -0.137. The highest BCUT2D eigenvalue weighted by atomic mass is 32.1. The molecule has 1 saturated heterocycles. The first-order valence-corrected chi connectivity index (χ1v) is 8.90. The van der Waals surface area contributed by atoms with E-state index >= 15 is 0 Å². The zero-order chi connectivity index (χ0) is 17.4. The quantitative estimate of drug-likeness (QED) is 0.661. The molecule has 3 aromatic rings. The standard InChI is InChI=1S/C18H16F3N3S/c19-18(20,21)13-2-1-3-14(12-13)23-7-9-24(10-8-23)17-15-5-11-25-16(15)4-6-22-17/h1-6,11-12H,7-10H2. The third kappa shape index (κ3) is 3.16. The number of nitrogens with zero attached hydrogens (tertiary/aromatic N) is 3. The lowest BCUT2D eigenvalue weighted by Crippen LogP contribution is -2.46. The average molecular weight is 363 g/mol. The van der Waals surface area contributed by atoms with Gasteiger partial charge >= 0.3 is 6.18 Å². The fourth-order valence-electron chi connectivity index (χ4n) is 3.19. The molecule has 1 aliphatic rings. The number of aromatic nitrogens is 1. The number of piperazine rings is 1. The molecule has 0 radical (unpaired) electrons. The van der Waals surface area contributed by atoms with Crippen LogP contribution < -0.4 is 9.80 Å². The molecule has 1 aromatic carbocycles. The molecule has 0 saturated carbocycles. The van der Waals surface area contributed by atoms with Crippen LogP contribution in [0.15, 0.2) is 48.0 Å². The SMILES string of the molecule is FC(F)(F)c1cccc(N2CCN(c3nccc4sccc34)CC2)c1. The number of fused-ring (bicyclic) bond motifs is 1. The lowest BCUT2D eigenvalue weighted by atomic mass is 10.1. The third-order valence-electron chi connectivity index (χ3n) is 4.48. The van der Waals surface area contributed by atoms with E-state index in [4.69, 9.17) is 0 Å². The number of alkyl halides is 3. The molecule has 0 bridgehead atoms. The number of anilines is 2. The molecule has 2 aromatic heterocycles. The average Bonchev–Trinajstić information content (AvgIpc) is 3.10. The molecule has 0 atom stereocenters. The zero-order valence-corrected chi connectivity index (χ0v) is 14.1. The van der Waals surface area contributed by atoms with Gasteiger partial charge < -0.3 is 9.80 Å². The van der Waals surface area contributed by atoms with E-state index in [1.807, 2.05) is 17.2 Å². The van der Waals surface area contributed by atoms with Crippen molar-refractivity contribution >= 4 is 32.9 Å². The van der Waals surface area contributed by atoms with E-state index in [2.05, 4.69) is 21.3 Å². The summed E-state index contributed by atoms with van der Waals surface area (Å²) in [5.41, 5.74) is 0.0216. The van der Waals surface area contributed by atoms with Crippen LogP contribution in [0.5, 0.6) is 0 Å².